The van der Waals surface area contributed by atoms with Crippen LogP contribution in [0.4, 0.5) is 19.0 Å². The van der Waals surface area contributed by atoms with Crippen molar-refractivity contribution >= 4 is 11.7 Å². The van der Waals surface area contributed by atoms with Gasteiger partial charge in [-0.2, -0.15) is 13.2 Å². The first-order valence-electron chi connectivity index (χ1n) is 10.6. The first-order chi connectivity index (χ1) is 15.4. The number of halogens is 3. The number of aromatic nitrogens is 1. The van der Waals surface area contributed by atoms with E-state index in [9.17, 15) is 18.0 Å². The molecule has 1 saturated heterocycles. The lowest BCUT2D eigenvalue weighted by Gasteiger charge is -2.21. The number of nitrogens with one attached hydrogen (secondary N) is 1. The Labute approximate surface area is 185 Å². The van der Waals surface area contributed by atoms with Gasteiger partial charge in [0.2, 0.25) is 5.91 Å². The topological polar surface area (TPSA) is 45.2 Å². The van der Waals surface area contributed by atoms with E-state index < -0.39 is 11.7 Å². The molecule has 4 rings (SSSR count). The molecule has 0 radical (unpaired) electrons. The summed E-state index contributed by atoms with van der Waals surface area (Å²) in [5, 5.41) is 3.10. The number of carbonyl (C=O) groups is 1. The molecule has 0 aliphatic carbocycles. The summed E-state index contributed by atoms with van der Waals surface area (Å²) in [5.74, 6) is 0.391. The molecule has 0 spiro atoms. The third-order valence-electron chi connectivity index (χ3n) is 5.75. The molecule has 1 aliphatic heterocycles. The van der Waals surface area contributed by atoms with Crippen LogP contribution in [0.1, 0.15) is 35.4 Å². The SMILES string of the molecule is O=C(CC(c1ccccc1)c1ccccc1)NC1CCN(c2ccc(C(F)(F)F)cn2)C1. The van der Waals surface area contributed by atoms with Gasteiger partial charge in [-0.25, -0.2) is 4.98 Å². The zero-order valence-corrected chi connectivity index (χ0v) is 17.4. The van der Waals surface area contributed by atoms with Crippen LogP contribution in [0.5, 0.6) is 0 Å². The molecule has 1 fully saturated rings. The zero-order valence-electron chi connectivity index (χ0n) is 17.4. The summed E-state index contributed by atoms with van der Waals surface area (Å²) >= 11 is 0. The van der Waals surface area contributed by atoms with Crippen molar-refractivity contribution in [2.75, 3.05) is 18.0 Å². The Hall–Kier alpha value is -3.35. The van der Waals surface area contributed by atoms with Crippen LogP contribution < -0.4 is 10.2 Å². The van der Waals surface area contributed by atoms with E-state index in [1.807, 2.05) is 65.6 Å². The van der Waals surface area contributed by atoms with Crippen molar-refractivity contribution in [2.24, 2.45) is 0 Å². The second-order valence-corrected chi connectivity index (χ2v) is 7.98. The average Bonchev–Trinajstić information content (AvgIpc) is 3.26. The van der Waals surface area contributed by atoms with Crippen LogP contribution in [-0.2, 0) is 11.0 Å². The Morgan fingerprint density at radius 2 is 1.62 bits per heavy atom. The van der Waals surface area contributed by atoms with Crippen molar-refractivity contribution < 1.29 is 18.0 Å². The maximum atomic E-state index is 12.9. The Morgan fingerprint density at radius 3 is 2.16 bits per heavy atom. The molecule has 166 valence electrons. The fourth-order valence-corrected chi connectivity index (χ4v) is 4.10. The minimum absolute atomic E-state index is 0.0464. The number of hydrogen-bond donors (Lipinski definition) is 1. The minimum Gasteiger partial charge on any atom is -0.354 e. The maximum Gasteiger partial charge on any atom is 0.417 e. The van der Waals surface area contributed by atoms with E-state index in [2.05, 4.69) is 10.3 Å². The first-order valence-corrected chi connectivity index (χ1v) is 10.6. The molecule has 7 heteroatoms. The van der Waals surface area contributed by atoms with Gasteiger partial charge in [-0.3, -0.25) is 4.79 Å². The summed E-state index contributed by atoms with van der Waals surface area (Å²) in [5.41, 5.74) is 1.39. The number of nitrogens with zero attached hydrogens (tertiary/aromatic N) is 2. The van der Waals surface area contributed by atoms with Crippen molar-refractivity contribution in [3.63, 3.8) is 0 Å². The van der Waals surface area contributed by atoms with Crippen molar-refractivity contribution in [2.45, 2.75) is 31.0 Å². The van der Waals surface area contributed by atoms with Gasteiger partial charge >= 0.3 is 6.18 Å². The van der Waals surface area contributed by atoms with Gasteiger partial charge in [-0.1, -0.05) is 60.7 Å². The standard InChI is InChI=1S/C25H24F3N3O/c26-25(27,28)20-11-12-23(29-16-20)31-14-13-21(17-31)30-24(32)15-22(18-7-3-1-4-8-18)19-9-5-2-6-10-19/h1-12,16,21-22H,13-15,17H2,(H,30,32). The van der Waals surface area contributed by atoms with Crippen LogP contribution in [-0.4, -0.2) is 30.0 Å². The van der Waals surface area contributed by atoms with Gasteiger partial charge in [0.05, 0.1) is 5.56 Å². The van der Waals surface area contributed by atoms with Crippen LogP contribution in [0.3, 0.4) is 0 Å². The number of anilines is 1. The summed E-state index contributed by atoms with van der Waals surface area (Å²) in [6.45, 7) is 1.15. The van der Waals surface area contributed by atoms with Crippen LogP contribution in [0.2, 0.25) is 0 Å². The molecule has 1 atom stereocenters. The molecule has 1 amide bonds. The largest absolute Gasteiger partial charge is 0.417 e. The van der Waals surface area contributed by atoms with Gasteiger partial charge in [0.15, 0.2) is 0 Å². The summed E-state index contributed by atoms with van der Waals surface area (Å²) in [7, 11) is 0. The second-order valence-electron chi connectivity index (χ2n) is 7.98. The van der Waals surface area contributed by atoms with Gasteiger partial charge in [0, 0.05) is 37.7 Å². The predicted octanol–water partition coefficient (Wildman–Crippen LogP) is 5.02. The van der Waals surface area contributed by atoms with Gasteiger partial charge in [0.25, 0.3) is 0 Å². The van der Waals surface area contributed by atoms with E-state index in [0.29, 0.717) is 25.3 Å². The van der Waals surface area contributed by atoms with Gasteiger partial charge in [-0.15, -0.1) is 0 Å². The summed E-state index contributed by atoms with van der Waals surface area (Å²) in [6, 6.07) is 22.2. The number of amides is 1. The molecule has 1 unspecified atom stereocenters. The zero-order chi connectivity index (χ0) is 22.6. The highest BCUT2D eigenvalue weighted by Crippen LogP contribution is 2.30. The molecule has 1 N–H and O–H groups in total. The van der Waals surface area contributed by atoms with Crippen LogP contribution in [0.15, 0.2) is 79.0 Å². The van der Waals surface area contributed by atoms with Crippen molar-refractivity contribution in [3.8, 4) is 0 Å². The van der Waals surface area contributed by atoms with E-state index in [1.165, 1.54) is 6.07 Å². The number of rotatable bonds is 6. The van der Waals surface area contributed by atoms with Crippen molar-refractivity contribution in [1.82, 2.24) is 10.3 Å². The fraction of sp³-hybridized carbons (Fsp3) is 0.280. The van der Waals surface area contributed by atoms with E-state index in [0.717, 1.165) is 29.8 Å². The van der Waals surface area contributed by atoms with Gasteiger partial charge < -0.3 is 10.2 Å². The molecule has 0 saturated carbocycles. The lowest BCUT2D eigenvalue weighted by molar-refractivity contribution is -0.137. The molecule has 3 aromatic rings. The number of pyridine rings is 1. The lowest BCUT2D eigenvalue weighted by Crippen LogP contribution is -2.37. The smallest absolute Gasteiger partial charge is 0.354 e. The summed E-state index contributed by atoms with van der Waals surface area (Å²) in [4.78, 5) is 18.7. The summed E-state index contributed by atoms with van der Waals surface area (Å²) in [6.07, 6.45) is -2.51. The van der Waals surface area contributed by atoms with Gasteiger partial charge in [-0.05, 0) is 29.7 Å². The number of hydrogen-bond acceptors (Lipinski definition) is 3. The van der Waals surface area contributed by atoms with Gasteiger partial charge in [0.1, 0.15) is 5.82 Å². The predicted molar refractivity (Wildman–Crippen MR) is 117 cm³/mol. The quantitative estimate of drug-likeness (QED) is 0.587. The van der Waals surface area contributed by atoms with Crippen molar-refractivity contribution in [3.05, 3.63) is 95.7 Å². The molecule has 1 aliphatic rings. The Morgan fingerprint density at radius 1 is 1.00 bits per heavy atom. The molecule has 2 heterocycles. The Balaban J connectivity index is 1.38. The van der Waals surface area contributed by atoms with E-state index in [1.54, 1.807) is 0 Å². The molecule has 1 aromatic heterocycles. The van der Waals surface area contributed by atoms with E-state index >= 15 is 0 Å². The lowest BCUT2D eigenvalue weighted by atomic mass is 9.88. The van der Waals surface area contributed by atoms with Crippen LogP contribution in [0.25, 0.3) is 0 Å². The van der Waals surface area contributed by atoms with E-state index in [4.69, 9.17) is 0 Å². The molecular weight excluding hydrogens is 415 g/mol. The number of alkyl halides is 3. The fourth-order valence-electron chi connectivity index (χ4n) is 4.10. The Kier molecular flexibility index (Phi) is 6.44. The molecule has 2 aromatic carbocycles. The molecule has 4 nitrogen and oxygen atoms in total. The first kappa shape index (κ1) is 21.9. The monoisotopic (exact) mass is 439 g/mol. The molecule has 0 bridgehead atoms. The van der Waals surface area contributed by atoms with Crippen LogP contribution >= 0.6 is 0 Å². The number of benzene rings is 2. The highest BCUT2D eigenvalue weighted by atomic mass is 19.4. The molecule has 32 heavy (non-hydrogen) atoms. The third kappa shape index (κ3) is 5.28. The third-order valence-corrected chi connectivity index (χ3v) is 5.75. The highest BCUT2D eigenvalue weighted by Gasteiger charge is 2.32. The second kappa shape index (κ2) is 9.42. The van der Waals surface area contributed by atoms with Crippen molar-refractivity contribution in [1.29, 1.82) is 0 Å². The Bertz CT molecular complexity index is 984. The highest BCUT2D eigenvalue weighted by molar-refractivity contribution is 5.78. The number of carbonyl (C=O) groups excluding carboxylic acids is 1. The van der Waals surface area contributed by atoms with E-state index in [-0.39, 0.29) is 17.9 Å². The van der Waals surface area contributed by atoms with Crippen LogP contribution in [0, 0.1) is 0 Å². The average molecular weight is 439 g/mol. The maximum absolute atomic E-state index is 12.9. The summed E-state index contributed by atoms with van der Waals surface area (Å²) < 4.78 is 38.3. The normalized spacial score (nSPS) is 16.4. The molecular formula is C25H24F3N3O. The minimum atomic E-state index is -4.40.